The zero-order chi connectivity index (χ0) is 24.4. The molecule has 0 aliphatic heterocycles. The zero-order valence-electron chi connectivity index (χ0n) is 22.2. The van der Waals surface area contributed by atoms with Crippen LogP contribution in [0.2, 0.25) is 0 Å². The van der Waals surface area contributed by atoms with Gasteiger partial charge < -0.3 is 5.32 Å². The third kappa shape index (κ3) is 6.73. The Balaban J connectivity index is 1.67. The third-order valence-corrected chi connectivity index (χ3v) is 6.61. The van der Waals surface area contributed by atoms with Gasteiger partial charge in [0.25, 0.3) is 0 Å². The van der Waals surface area contributed by atoms with E-state index in [1.54, 1.807) is 0 Å². The first kappa shape index (κ1) is 25.1. The second-order valence-corrected chi connectivity index (χ2v) is 12.5. The normalized spacial score (nSPS) is 13.6. The zero-order valence-corrected chi connectivity index (χ0v) is 22.2. The Labute approximate surface area is 202 Å². The molecule has 1 heteroatoms. The SMILES string of the molecule is CC(c1ccc(Nc2ccc(C(C)(C)CC(C)(C)C)cc2)cc1)c1ccc(C(C)(C)C)cc1. The molecule has 3 aromatic rings. The maximum absolute atomic E-state index is 3.56. The topological polar surface area (TPSA) is 12.0 Å². The van der Waals surface area contributed by atoms with Crippen LogP contribution in [-0.4, -0.2) is 0 Å². The minimum absolute atomic E-state index is 0.166. The summed E-state index contributed by atoms with van der Waals surface area (Å²) in [5.74, 6) is 0.373. The Hall–Kier alpha value is -2.54. The fraction of sp³-hybridized carbons (Fsp3) is 0.438. The Morgan fingerprint density at radius 3 is 1.39 bits per heavy atom. The Kier molecular flexibility index (Phi) is 7.13. The van der Waals surface area contributed by atoms with Gasteiger partial charge in [-0.3, -0.25) is 0 Å². The lowest BCUT2D eigenvalue weighted by Crippen LogP contribution is -2.24. The minimum Gasteiger partial charge on any atom is -0.356 e. The van der Waals surface area contributed by atoms with Crippen LogP contribution in [-0.2, 0) is 10.8 Å². The van der Waals surface area contributed by atoms with Crippen molar-refractivity contribution in [2.24, 2.45) is 5.41 Å². The number of rotatable bonds is 6. The summed E-state index contributed by atoms with van der Waals surface area (Å²) in [6.45, 7) is 20.7. The van der Waals surface area contributed by atoms with Gasteiger partial charge in [-0.1, -0.05) is 111 Å². The number of nitrogens with one attached hydrogen (secondary N) is 1. The summed E-state index contributed by atoms with van der Waals surface area (Å²) in [6.07, 6.45) is 1.16. The molecular weight excluding hydrogens is 398 g/mol. The highest BCUT2D eigenvalue weighted by molar-refractivity contribution is 5.60. The molecule has 3 rings (SSSR count). The second kappa shape index (κ2) is 9.37. The fourth-order valence-corrected chi connectivity index (χ4v) is 4.92. The third-order valence-electron chi connectivity index (χ3n) is 6.61. The lowest BCUT2D eigenvalue weighted by molar-refractivity contribution is 0.284. The highest BCUT2D eigenvalue weighted by Gasteiger charge is 2.27. The van der Waals surface area contributed by atoms with Gasteiger partial charge in [0.1, 0.15) is 0 Å². The largest absolute Gasteiger partial charge is 0.356 e. The van der Waals surface area contributed by atoms with Gasteiger partial charge in [0, 0.05) is 17.3 Å². The van der Waals surface area contributed by atoms with Crippen molar-refractivity contribution in [2.75, 3.05) is 5.32 Å². The van der Waals surface area contributed by atoms with Gasteiger partial charge in [-0.05, 0) is 69.2 Å². The molecule has 0 heterocycles. The first-order chi connectivity index (χ1) is 15.2. The first-order valence-electron chi connectivity index (χ1n) is 12.3. The number of benzene rings is 3. The fourth-order valence-electron chi connectivity index (χ4n) is 4.92. The van der Waals surface area contributed by atoms with Crippen LogP contribution in [0.5, 0.6) is 0 Å². The maximum Gasteiger partial charge on any atom is 0.0384 e. The molecule has 0 bridgehead atoms. The summed E-state index contributed by atoms with van der Waals surface area (Å²) >= 11 is 0. The van der Waals surface area contributed by atoms with Gasteiger partial charge in [0.05, 0.1) is 0 Å². The Morgan fingerprint density at radius 1 is 0.576 bits per heavy atom. The average Bonchev–Trinajstić information content (AvgIpc) is 2.72. The lowest BCUT2D eigenvalue weighted by atomic mass is 9.72. The van der Waals surface area contributed by atoms with Crippen LogP contribution in [0.3, 0.4) is 0 Å². The summed E-state index contributed by atoms with van der Waals surface area (Å²) in [7, 11) is 0. The molecule has 0 saturated carbocycles. The molecule has 1 unspecified atom stereocenters. The molecule has 0 aromatic heterocycles. The van der Waals surface area contributed by atoms with Crippen LogP contribution < -0.4 is 5.32 Å². The van der Waals surface area contributed by atoms with Gasteiger partial charge >= 0.3 is 0 Å². The van der Waals surface area contributed by atoms with Crippen molar-refractivity contribution < 1.29 is 0 Å². The molecule has 1 atom stereocenters. The molecule has 0 amide bonds. The quantitative estimate of drug-likeness (QED) is 0.401. The van der Waals surface area contributed by atoms with Crippen molar-refractivity contribution in [3.05, 3.63) is 95.1 Å². The van der Waals surface area contributed by atoms with Crippen LogP contribution in [0.4, 0.5) is 11.4 Å². The van der Waals surface area contributed by atoms with Crippen molar-refractivity contribution in [1.29, 1.82) is 0 Å². The molecule has 176 valence electrons. The van der Waals surface area contributed by atoms with E-state index < -0.39 is 0 Å². The monoisotopic (exact) mass is 441 g/mol. The van der Waals surface area contributed by atoms with Crippen LogP contribution in [0.15, 0.2) is 72.8 Å². The molecule has 1 nitrogen and oxygen atoms in total. The van der Waals surface area contributed by atoms with Gasteiger partial charge in [-0.2, -0.15) is 0 Å². The molecule has 0 radical (unpaired) electrons. The Bertz CT molecular complexity index is 1020. The van der Waals surface area contributed by atoms with Crippen molar-refractivity contribution in [3.63, 3.8) is 0 Å². The minimum atomic E-state index is 0.166. The highest BCUT2D eigenvalue weighted by atomic mass is 14.9. The summed E-state index contributed by atoms with van der Waals surface area (Å²) in [5, 5.41) is 3.56. The van der Waals surface area contributed by atoms with Crippen LogP contribution >= 0.6 is 0 Å². The molecule has 0 spiro atoms. The average molecular weight is 442 g/mol. The smallest absolute Gasteiger partial charge is 0.0384 e. The summed E-state index contributed by atoms with van der Waals surface area (Å²) in [4.78, 5) is 0. The van der Waals surface area contributed by atoms with E-state index in [1.807, 2.05) is 0 Å². The molecule has 0 fully saturated rings. The molecule has 0 saturated heterocycles. The van der Waals surface area contributed by atoms with E-state index in [4.69, 9.17) is 0 Å². The van der Waals surface area contributed by atoms with Crippen LogP contribution in [0, 0.1) is 5.41 Å². The summed E-state index contributed by atoms with van der Waals surface area (Å²) in [6, 6.07) is 26.9. The van der Waals surface area contributed by atoms with Gasteiger partial charge in [0.2, 0.25) is 0 Å². The first-order valence-corrected chi connectivity index (χ1v) is 12.3. The van der Waals surface area contributed by atoms with Gasteiger partial charge in [0.15, 0.2) is 0 Å². The van der Waals surface area contributed by atoms with Crippen molar-refractivity contribution in [1.82, 2.24) is 0 Å². The van der Waals surface area contributed by atoms with E-state index in [0.717, 1.165) is 17.8 Å². The molecular formula is C32H43N. The number of hydrogen-bond acceptors (Lipinski definition) is 1. The summed E-state index contributed by atoms with van der Waals surface area (Å²) in [5.41, 5.74) is 8.39. The van der Waals surface area contributed by atoms with E-state index in [1.165, 1.54) is 22.3 Å². The number of anilines is 2. The predicted molar refractivity (Wildman–Crippen MR) is 146 cm³/mol. The second-order valence-electron chi connectivity index (χ2n) is 12.5. The van der Waals surface area contributed by atoms with E-state index in [-0.39, 0.29) is 10.8 Å². The van der Waals surface area contributed by atoms with E-state index >= 15 is 0 Å². The molecule has 0 aliphatic rings. The lowest BCUT2D eigenvalue weighted by Gasteiger charge is -2.33. The molecule has 3 aromatic carbocycles. The predicted octanol–water partition coefficient (Wildman–Crippen LogP) is 9.59. The van der Waals surface area contributed by atoms with Crippen molar-refractivity contribution in [2.45, 2.75) is 85.5 Å². The maximum atomic E-state index is 3.56. The Morgan fingerprint density at radius 2 is 0.970 bits per heavy atom. The van der Waals surface area contributed by atoms with E-state index in [2.05, 4.69) is 140 Å². The van der Waals surface area contributed by atoms with E-state index in [9.17, 15) is 0 Å². The standard InChI is InChI=1S/C32H43N/c1-23(24-10-14-26(15-11-24)31(5,6)7)25-12-18-28(19-13-25)33-29-20-16-27(17-21-29)32(8,9)22-30(2,3)4/h10-21,23,33H,22H2,1-9H3. The van der Waals surface area contributed by atoms with E-state index in [0.29, 0.717) is 11.3 Å². The number of hydrogen-bond donors (Lipinski definition) is 1. The molecule has 0 aliphatic carbocycles. The molecule has 33 heavy (non-hydrogen) atoms. The van der Waals surface area contributed by atoms with Gasteiger partial charge in [-0.15, -0.1) is 0 Å². The molecule has 1 N–H and O–H groups in total. The van der Waals surface area contributed by atoms with Gasteiger partial charge in [-0.25, -0.2) is 0 Å². The summed E-state index contributed by atoms with van der Waals surface area (Å²) < 4.78 is 0. The highest BCUT2D eigenvalue weighted by Crippen LogP contribution is 2.37. The van der Waals surface area contributed by atoms with Crippen molar-refractivity contribution in [3.8, 4) is 0 Å². The van der Waals surface area contributed by atoms with Crippen LogP contribution in [0.25, 0.3) is 0 Å². The van der Waals surface area contributed by atoms with Crippen LogP contribution in [0.1, 0.15) is 96.9 Å². The van der Waals surface area contributed by atoms with Crippen molar-refractivity contribution >= 4 is 11.4 Å².